The molecule has 1 atom stereocenters. The lowest BCUT2D eigenvalue weighted by Gasteiger charge is -2.29. The number of carbonyl (C=O) groups is 2. The molecule has 36 heavy (non-hydrogen) atoms. The van der Waals surface area contributed by atoms with Gasteiger partial charge in [0.25, 0.3) is 18.3 Å². The number of halogens is 4. The van der Waals surface area contributed by atoms with Crippen molar-refractivity contribution in [3.05, 3.63) is 17.7 Å². The van der Waals surface area contributed by atoms with Gasteiger partial charge in [0.2, 0.25) is 0 Å². The molecule has 0 saturated heterocycles. The highest BCUT2D eigenvalue weighted by atomic mass is 19.3. The van der Waals surface area contributed by atoms with Crippen LogP contribution in [0.25, 0.3) is 11.0 Å². The number of primary amides is 1. The number of rotatable bonds is 11. The molecule has 1 saturated carbocycles. The Morgan fingerprint density at radius 2 is 1.86 bits per heavy atom. The lowest BCUT2D eigenvalue weighted by atomic mass is 9.95. The standard InChI is InChI=1S/C22H28F4N4O6/c1-11(28-17(31)10-35-21(27)32)8-33-12-3-5-13(6-4-12)36-22-29-19-14(23)7-15(34-9-16(24)25)18(26)20(19)30(22)2/h7,11-13,16H,3-6,8-10H2,1-2H3,(H2,27,32)(H,28,31)/t11-,12-,13-/m0/s1. The van der Waals surface area contributed by atoms with Crippen LogP contribution in [0, 0.1) is 11.6 Å². The molecule has 10 nitrogen and oxygen atoms in total. The van der Waals surface area contributed by atoms with Crippen LogP contribution in [-0.4, -0.2) is 66.0 Å². The van der Waals surface area contributed by atoms with Gasteiger partial charge >= 0.3 is 6.09 Å². The molecule has 1 heterocycles. The van der Waals surface area contributed by atoms with E-state index in [1.807, 2.05) is 0 Å². The summed E-state index contributed by atoms with van der Waals surface area (Å²) in [5.41, 5.74) is 4.28. The van der Waals surface area contributed by atoms with Crippen molar-refractivity contribution in [2.45, 2.75) is 57.3 Å². The second-order valence-electron chi connectivity index (χ2n) is 8.45. The molecule has 0 radical (unpaired) electrons. The van der Waals surface area contributed by atoms with Gasteiger partial charge in [-0.05, 0) is 32.6 Å². The van der Waals surface area contributed by atoms with E-state index < -0.39 is 49.0 Å². The fourth-order valence-corrected chi connectivity index (χ4v) is 3.86. The van der Waals surface area contributed by atoms with Gasteiger partial charge in [0.05, 0.1) is 12.7 Å². The molecule has 3 N–H and O–H groups in total. The zero-order valence-corrected chi connectivity index (χ0v) is 19.8. The number of alkyl halides is 2. The van der Waals surface area contributed by atoms with Gasteiger partial charge < -0.3 is 30.0 Å². The number of hydrogen-bond acceptors (Lipinski definition) is 7. The minimum Gasteiger partial charge on any atom is -0.484 e. The second kappa shape index (κ2) is 12.1. The summed E-state index contributed by atoms with van der Waals surface area (Å²) in [6, 6.07) is 0.364. The highest BCUT2D eigenvalue weighted by Crippen LogP contribution is 2.33. The number of nitrogens with one attached hydrogen (secondary N) is 1. The van der Waals surface area contributed by atoms with Crippen LogP contribution < -0.4 is 20.5 Å². The van der Waals surface area contributed by atoms with Gasteiger partial charge in [0, 0.05) is 19.2 Å². The van der Waals surface area contributed by atoms with Crippen LogP contribution in [0.5, 0.6) is 11.8 Å². The highest BCUT2D eigenvalue weighted by Gasteiger charge is 2.27. The zero-order chi connectivity index (χ0) is 26.4. The van der Waals surface area contributed by atoms with Crippen molar-refractivity contribution in [3.63, 3.8) is 0 Å². The number of nitrogens with zero attached hydrogens (tertiary/aromatic N) is 2. The molecular formula is C22H28F4N4O6. The third-order valence-corrected chi connectivity index (χ3v) is 5.56. The summed E-state index contributed by atoms with van der Waals surface area (Å²) in [6.45, 7) is 0.452. The first-order valence-electron chi connectivity index (χ1n) is 11.3. The van der Waals surface area contributed by atoms with Gasteiger partial charge in [-0.2, -0.15) is 4.98 Å². The maximum atomic E-state index is 14.8. The minimum absolute atomic E-state index is 0.00677. The van der Waals surface area contributed by atoms with Crippen LogP contribution in [0.15, 0.2) is 6.07 Å². The molecule has 200 valence electrons. The van der Waals surface area contributed by atoms with Crippen LogP contribution in [0.3, 0.4) is 0 Å². The number of ether oxygens (including phenoxy) is 4. The first-order valence-corrected chi connectivity index (χ1v) is 11.3. The average molecular weight is 520 g/mol. The molecule has 2 amide bonds. The maximum Gasteiger partial charge on any atom is 0.405 e. The van der Waals surface area contributed by atoms with Crippen molar-refractivity contribution in [2.24, 2.45) is 12.8 Å². The molecule has 1 aromatic heterocycles. The number of carbonyl (C=O) groups excluding carboxylic acids is 2. The molecule has 1 aliphatic rings. The number of hydrogen-bond donors (Lipinski definition) is 2. The molecule has 0 spiro atoms. The third-order valence-electron chi connectivity index (χ3n) is 5.56. The summed E-state index contributed by atoms with van der Waals surface area (Å²) in [6.07, 6.45) is -1.74. The number of nitrogens with two attached hydrogens (primary N) is 1. The van der Waals surface area contributed by atoms with Gasteiger partial charge in [-0.1, -0.05) is 0 Å². The fraction of sp³-hybridized carbons (Fsp3) is 0.591. The van der Waals surface area contributed by atoms with Gasteiger partial charge in [0.1, 0.15) is 23.7 Å². The molecule has 0 unspecified atom stereocenters. The summed E-state index contributed by atoms with van der Waals surface area (Å²) >= 11 is 0. The lowest BCUT2D eigenvalue weighted by Crippen LogP contribution is -2.40. The van der Waals surface area contributed by atoms with Gasteiger partial charge in [-0.3, -0.25) is 9.36 Å². The van der Waals surface area contributed by atoms with E-state index in [0.29, 0.717) is 31.7 Å². The number of aromatic nitrogens is 2. The van der Waals surface area contributed by atoms with E-state index in [4.69, 9.17) is 15.2 Å². The number of benzene rings is 1. The van der Waals surface area contributed by atoms with Crippen molar-refractivity contribution in [1.29, 1.82) is 0 Å². The smallest absolute Gasteiger partial charge is 0.405 e. The Balaban J connectivity index is 1.52. The first-order chi connectivity index (χ1) is 17.0. The van der Waals surface area contributed by atoms with Crippen molar-refractivity contribution in [2.75, 3.05) is 19.8 Å². The normalized spacial score (nSPS) is 18.8. The zero-order valence-electron chi connectivity index (χ0n) is 19.8. The van der Waals surface area contributed by atoms with E-state index in [1.54, 1.807) is 6.92 Å². The molecule has 0 bridgehead atoms. The summed E-state index contributed by atoms with van der Waals surface area (Å²) in [5, 5.41) is 2.62. The van der Waals surface area contributed by atoms with Crippen LogP contribution in [0.4, 0.5) is 22.4 Å². The van der Waals surface area contributed by atoms with Crippen LogP contribution in [-0.2, 0) is 21.3 Å². The lowest BCUT2D eigenvalue weighted by molar-refractivity contribution is -0.125. The number of imidazole rings is 1. The van der Waals surface area contributed by atoms with Gasteiger partial charge in [0.15, 0.2) is 24.0 Å². The Morgan fingerprint density at radius 3 is 2.50 bits per heavy atom. The van der Waals surface area contributed by atoms with E-state index >= 15 is 0 Å². The number of aryl methyl sites for hydroxylation is 1. The predicted molar refractivity (Wildman–Crippen MR) is 118 cm³/mol. The molecule has 1 fully saturated rings. The summed E-state index contributed by atoms with van der Waals surface area (Å²) in [7, 11) is 1.43. The summed E-state index contributed by atoms with van der Waals surface area (Å²) < 4.78 is 76.1. The fourth-order valence-electron chi connectivity index (χ4n) is 3.86. The predicted octanol–water partition coefficient (Wildman–Crippen LogP) is 2.80. The molecule has 14 heteroatoms. The Labute approximate surface area is 204 Å². The van der Waals surface area contributed by atoms with E-state index in [1.165, 1.54) is 11.6 Å². The Hall–Kier alpha value is -3.29. The largest absolute Gasteiger partial charge is 0.484 e. The quantitative estimate of drug-likeness (QED) is 0.436. The molecule has 1 aromatic carbocycles. The van der Waals surface area contributed by atoms with Crippen molar-refractivity contribution in [1.82, 2.24) is 14.9 Å². The van der Waals surface area contributed by atoms with Crippen molar-refractivity contribution < 1.29 is 46.1 Å². The molecule has 1 aliphatic carbocycles. The highest BCUT2D eigenvalue weighted by molar-refractivity contribution is 5.80. The average Bonchev–Trinajstić information content (AvgIpc) is 3.15. The van der Waals surface area contributed by atoms with Crippen LogP contribution >= 0.6 is 0 Å². The Morgan fingerprint density at radius 1 is 1.19 bits per heavy atom. The molecule has 2 aromatic rings. The monoisotopic (exact) mass is 520 g/mol. The Kier molecular flexibility index (Phi) is 9.18. The van der Waals surface area contributed by atoms with Crippen molar-refractivity contribution in [3.8, 4) is 11.8 Å². The van der Waals surface area contributed by atoms with E-state index in [2.05, 4.69) is 19.8 Å². The number of fused-ring (bicyclic) bond motifs is 1. The first kappa shape index (κ1) is 27.3. The second-order valence-corrected chi connectivity index (χ2v) is 8.45. The molecule has 3 rings (SSSR count). The van der Waals surface area contributed by atoms with Gasteiger partial charge in [-0.25, -0.2) is 22.4 Å². The third kappa shape index (κ3) is 7.12. The van der Waals surface area contributed by atoms with Crippen molar-refractivity contribution >= 4 is 23.0 Å². The van der Waals surface area contributed by atoms with E-state index in [0.717, 1.165) is 0 Å². The van der Waals surface area contributed by atoms with E-state index in [-0.39, 0.29) is 41.9 Å². The van der Waals surface area contributed by atoms with E-state index in [9.17, 15) is 27.2 Å². The molecule has 0 aliphatic heterocycles. The minimum atomic E-state index is -2.84. The Bertz CT molecular complexity index is 1070. The topological polar surface area (TPSA) is 127 Å². The maximum absolute atomic E-state index is 14.8. The van der Waals surface area contributed by atoms with Crippen LogP contribution in [0.2, 0.25) is 0 Å². The van der Waals surface area contributed by atoms with Gasteiger partial charge in [-0.15, -0.1) is 0 Å². The SMILES string of the molecule is C[C@@H](CO[C@H]1CC[C@H](Oc2nc3c(F)cc(OCC(F)F)c(F)c3n2C)CC1)NC(=O)COC(N)=O. The molecular weight excluding hydrogens is 492 g/mol. The van der Waals surface area contributed by atoms with Crippen LogP contribution in [0.1, 0.15) is 32.6 Å². The number of amides is 2. The summed E-state index contributed by atoms with van der Waals surface area (Å²) in [4.78, 5) is 26.2. The summed E-state index contributed by atoms with van der Waals surface area (Å²) in [5.74, 6) is -3.04.